The Morgan fingerprint density at radius 2 is 2.11 bits per heavy atom. The Morgan fingerprint density at radius 1 is 1.44 bits per heavy atom. The van der Waals surface area contributed by atoms with Crippen molar-refractivity contribution < 1.29 is 9.59 Å². The first-order chi connectivity index (χ1) is 8.49. The van der Waals surface area contributed by atoms with Gasteiger partial charge in [0.2, 0.25) is 11.7 Å². The molecule has 4 N–H and O–H groups in total. The molecule has 1 atom stereocenters. The van der Waals surface area contributed by atoms with Gasteiger partial charge < -0.3 is 11.1 Å². The predicted molar refractivity (Wildman–Crippen MR) is 63.6 cm³/mol. The molecule has 1 unspecified atom stereocenters. The largest absolute Gasteiger partial charge is 0.368 e. The maximum absolute atomic E-state index is 11.9. The van der Waals surface area contributed by atoms with Crippen molar-refractivity contribution in [1.82, 2.24) is 20.5 Å². The average Bonchev–Trinajstić information content (AvgIpc) is 3.03. The average molecular weight is 251 g/mol. The first kappa shape index (κ1) is 12.5. The van der Waals surface area contributed by atoms with E-state index in [2.05, 4.69) is 20.5 Å². The van der Waals surface area contributed by atoms with Crippen LogP contribution in [0.2, 0.25) is 0 Å². The summed E-state index contributed by atoms with van der Waals surface area (Å²) < 4.78 is 0. The lowest BCUT2D eigenvalue weighted by atomic mass is 10.0. The number of aromatic amines is 1. The first-order valence-electron chi connectivity index (χ1n) is 6.01. The predicted octanol–water partition coefficient (Wildman–Crippen LogP) is -0.0782. The maximum Gasteiger partial charge on any atom is 0.291 e. The zero-order valence-electron chi connectivity index (χ0n) is 10.4. The highest BCUT2D eigenvalue weighted by Crippen LogP contribution is 2.37. The van der Waals surface area contributed by atoms with E-state index in [-0.39, 0.29) is 11.7 Å². The molecule has 0 aliphatic heterocycles. The maximum atomic E-state index is 11.9. The fraction of sp³-hybridized carbons (Fsp3) is 0.636. The number of carbonyl (C=O) groups is 2. The number of nitrogens with zero attached hydrogens (tertiary/aromatic N) is 2. The third-order valence-corrected chi connectivity index (χ3v) is 2.93. The molecule has 1 heterocycles. The van der Waals surface area contributed by atoms with Gasteiger partial charge in [-0.15, -0.1) is 5.10 Å². The SMILES string of the molecule is CC(C)C(NC(=O)c1n[nH]c(C2CC2)n1)C(N)=O. The lowest BCUT2D eigenvalue weighted by Crippen LogP contribution is -2.47. The molecular formula is C11H17N5O2. The Bertz CT molecular complexity index is 464. The van der Waals surface area contributed by atoms with E-state index in [4.69, 9.17) is 5.73 Å². The number of hydrogen-bond donors (Lipinski definition) is 3. The van der Waals surface area contributed by atoms with Gasteiger partial charge in [-0.2, -0.15) is 0 Å². The molecule has 0 aromatic carbocycles. The minimum atomic E-state index is -0.708. The molecule has 18 heavy (non-hydrogen) atoms. The van der Waals surface area contributed by atoms with E-state index in [1.807, 2.05) is 13.8 Å². The van der Waals surface area contributed by atoms with E-state index >= 15 is 0 Å². The summed E-state index contributed by atoms with van der Waals surface area (Å²) in [5.41, 5.74) is 5.23. The summed E-state index contributed by atoms with van der Waals surface area (Å²) in [5, 5.41) is 9.14. The number of carbonyl (C=O) groups excluding carboxylic acids is 2. The van der Waals surface area contributed by atoms with Gasteiger partial charge in [0, 0.05) is 5.92 Å². The second-order valence-corrected chi connectivity index (χ2v) is 4.92. The summed E-state index contributed by atoms with van der Waals surface area (Å²) in [5.74, 6) is 0.0838. The van der Waals surface area contributed by atoms with Crippen LogP contribution in [0.25, 0.3) is 0 Å². The Balaban J connectivity index is 2.03. The van der Waals surface area contributed by atoms with E-state index in [0.29, 0.717) is 5.92 Å². The van der Waals surface area contributed by atoms with E-state index < -0.39 is 17.9 Å². The molecule has 7 heteroatoms. The van der Waals surface area contributed by atoms with Crippen LogP contribution in [0.15, 0.2) is 0 Å². The zero-order chi connectivity index (χ0) is 13.3. The first-order valence-corrected chi connectivity index (χ1v) is 6.01. The quantitative estimate of drug-likeness (QED) is 0.679. The van der Waals surface area contributed by atoms with E-state index in [1.165, 1.54) is 0 Å². The molecule has 1 aliphatic carbocycles. The number of nitrogens with one attached hydrogen (secondary N) is 2. The molecule has 98 valence electrons. The number of nitrogens with two attached hydrogens (primary N) is 1. The number of aromatic nitrogens is 3. The molecule has 0 saturated heterocycles. The van der Waals surface area contributed by atoms with Crippen LogP contribution in [-0.4, -0.2) is 33.0 Å². The monoisotopic (exact) mass is 251 g/mol. The minimum Gasteiger partial charge on any atom is -0.368 e. The molecule has 0 bridgehead atoms. The van der Waals surface area contributed by atoms with Gasteiger partial charge in [0.25, 0.3) is 5.91 Å². The highest BCUT2D eigenvalue weighted by molar-refractivity contribution is 5.94. The fourth-order valence-electron chi connectivity index (χ4n) is 1.69. The van der Waals surface area contributed by atoms with Crippen molar-refractivity contribution in [3.63, 3.8) is 0 Å². The molecule has 1 fully saturated rings. The molecule has 1 saturated carbocycles. The van der Waals surface area contributed by atoms with Crippen LogP contribution < -0.4 is 11.1 Å². The zero-order valence-corrected chi connectivity index (χ0v) is 10.4. The molecule has 2 rings (SSSR count). The van der Waals surface area contributed by atoms with Gasteiger partial charge in [0.05, 0.1) is 0 Å². The Morgan fingerprint density at radius 3 is 2.61 bits per heavy atom. The van der Waals surface area contributed by atoms with Gasteiger partial charge in [-0.3, -0.25) is 14.7 Å². The number of hydrogen-bond acceptors (Lipinski definition) is 4. The van der Waals surface area contributed by atoms with Gasteiger partial charge in [-0.1, -0.05) is 13.8 Å². The molecular weight excluding hydrogens is 234 g/mol. The molecule has 0 radical (unpaired) electrons. The van der Waals surface area contributed by atoms with Crippen LogP contribution in [0.4, 0.5) is 0 Å². The van der Waals surface area contributed by atoms with Crippen LogP contribution >= 0.6 is 0 Å². The van der Waals surface area contributed by atoms with Crippen molar-refractivity contribution in [2.24, 2.45) is 11.7 Å². The van der Waals surface area contributed by atoms with Gasteiger partial charge in [0.1, 0.15) is 11.9 Å². The highest BCUT2D eigenvalue weighted by Gasteiger charge is 2.29. The molecule has 2 amide bonds. The molecule has 7 nitrogen and oxygen atoms in total. The fourth-order valence-corrected chi connectivity index (χ4v) is 1.69. The van der Waals surface area contributed by atoms with Gasteiger partial charge in [-0.25, -0.2) is 4.98 Å². The Kier molecular flexibility index (Phi) is 3.31. The van der Waals surface area contributed by atoms with Crippen molar-refractivity contribution in [3.05, 3.63) is 11.6 Å². The molecule has 1 aromatic rings. The van der Waals surface area contributed by atoms with Crippen molar-refractivity contribution in [2.45, 2.75) is 38.6 Å². The van der Waals surface area contributed by atoms with E-state index in [1.54, 1.807) is 0 Å². The summed E-state index contributed by atoms with van der Waals surface area (Å²) in [6, 6.07) is -0.708. The second-order valence-electron chi connectivity index (χ2n) is 4.92. The topological polar surface area (TPSA) is 114 Å². The Hall–Kier alpha value is -1.92. The molecule has 1 aliphatic rings. The van der Waals surface area contributed by atoms with Crippen molar-refractivity contribution in [1.29, 1.82) is 0 Å². The summed E-state index contributed by atoms with van der Waals surface area (Å²) in [6.07, 6.45) is 2.15. The highest BCUT2D eigenvalue weighted by atomic mass is 16.2. The number of H-pyrrole nitrogens is 1. The third-order valence-electron chi connectivity index (χ3n) is 2.93. The van der Waals surface area contributed by atoms with Crippen molar-refractivity contribution in [3.8, 4) is 0 Å². The van der Waals surface area contributed by atoms with Crippen LogP contribution in [0.3, 0.4) is 0 Å². The third kappa shape index (κ3) is 2.66. The standard InChI is InChI=1S/C11H17N5O2/c1-5(2)7(8(12)17)13-11(18)10-14-9(15-16-10)6-3-4-6/h5-7H,3-4H2,1-2H3,(H2,12,17)(H,13,18)(H,14,15,16). The lowest BCUT2D eigenvalue weighted by molar-refractivity contribution is -0.120. The summed E-state index contributed by atoms with van der Waals surface area (Å²) in [6.45, 7) is 3.62. The van der Waals surface area contributed by atoms with Gasteiger partial charge in [0.15, 0.2) is 0 Å². The summed E-state index contributed by atoms with van der Waals surface area (Å²) >= 11 is 0. The minimum absolute atomic E-state index is 0.0591. The Labute approximate surface area is 105 Å². The summed E-state index contributed by atoms with van der Waals surface area (Å²) in [4.78, 5) is 27.2. The second kappa shape index (κ2) is 4.75. The van der Waals surface area contributed by atoms with Crippen LogP contribution in [-0.2, 0) is 4.79 Å². The van der Waals surface area contributed by atoms with Crippen molar-refractivity contribution >= 4 is 11.8 Å². The lowest BCUT2D eigenvalue weighted by Gasteiger charge is -2.17. The smallest absolute Gasteiger partial charge is 0.291 e. The summed E-state index contributed by atoms with van der Waals surface area (Å²) in [7, 11) is 0. The number of amides is 2. The van der Waals surface area contributed by atoms with Crippen LogP contribution in [0, 0.1) is 5.92 Å². The normalized spacial score (nSPS) is 16.6. The van der Waals surface area contributed by atoms with Gasteiger partial charge >= 0.3 is 0 Å². The van der Waals surface area contributed by atoms with E-state index in [0.717, 1.165) is 18.7 Å². The van der Waals surface area contributed by atoms with Crippen molar-refractivity contribution in [2.75, 3.05) is 0 Å². The number of primary amides is 1. The number of rotatable bonds is 5. The van der Waals surface area contributed by atoms with Crippen LogP contribution in [0.1, 0.15) is 49.1 Å². The molecule has 1 aromatic heterocycles. The van der Waals surface area contributed by atoms with E-state index in [9.17, 15) is 9.59 Å². The van der Waals surface area contributed by atoms with Gasteiger partial charge in [-0.05, 0) is 18.8 Å². The molecule has 0 spiro atoms. The van der Waals surface area contributed by atoms with Crippen LogP contribution in [0.5, 0.6) is 0 Å².